The van der Waals surface area contributed by atoms with E-state index in [1.54, 1.807) is 24.5 Å². The molecule has 2 aromatic heterocycles. The van der Waals surface area contributed by atoms with Crippen molar-refractivity contribution in [3.63, 3.8) is 0 Å². The van der Waals surface area contributed by atoms with Crippen LogP contribution in [0, 0.1) is 17.0 Å². The maximum Gasteiger partial charge on any atom is 0.277 e. The molecule has 2 heterocycles. The molecule has 0 aliphatic carbocycles. The van der Waals surface area contributed by atoms with Gasteiger partial charge in [0.25, 0.3) is 5.69 Å². The molecule has 0 saturated carbocycles. The first-order valence-corrected chi connectivity index (χ1v) is 7.76. The zero-order valence-electron chi connectivity index (χ0n) is 11.6. The summed E-state index contributed by atoms with van der Waals surface area (Å²) < 4.78 is 0.690. The molecule has 0 radical (unpaired) electrons. The minimum atomic E-state index is -0.361. The topological polar surface area (TPSA) is 56.0 Å². The molecule has 4 nitrogen and oxygen atoms in total. The predicted octanol–water partition coefficient (Wildman–Crippen LogP) is 5.35. The van der Waals surface area contributed by atoms with Gasteiger partial charge in [-0.25, -0.2) is 0 Å². The quantitative estimate of drug-likeness (QED) is 0.480. The summed E-state index contributed by atoms with van der Waals surface area (Å²) in [5, 5.41) is 13.3. The van der Waals surface area contributed by atoms with E-state index in [4.69, 9.17) is 11.6 Å². The van der Waals surface area contributed by atoms with Gasteiger partial charge in [-0.2, -0.15) is 0 Å². The predicted molar refractivity (Wildman–Crippen MR) is 89.4 cm³/mol. The van der Waals surface area contributed by atoms with E-state index in [2.05, 4.69) is 4.98 Å². The molecule has 0 unspecified atom stereocenters. The van der Waals surface area contributed by atoms with Gasteiger partial charge in [-0.3, -0.25) is 15.1 Å². The largest absolute Gasteiger partial charge is 0.277 e. The van der Waals surface area contributed by atoms with Gasteiger partial charge in [0.1, 0.15) is 0 Å². The van der Waals surface area contributed by atoms with E-state index in [0.717, 1.165) is 22.3 Å². The van der Waals surface area contributed by atoms with Gasteiger partial charge in [0.05, 0.1) is 14.8 Å². The first kappa shape index (κ1) is 14.7. The molecule has 0 aliphatic heterocycles. The molecule has 6 heteroatoms. The van der Waals surface area contributed by atoms with Crippen LogP contribution in [0.25, 0.3) is 22.3 Å². The maximum atomic E-state index is 11.4. The Balaban J connectivity index is 2.27. The van der Waals surface area contributed by atoms with E-state index in [0.29, 0.717) is 9.90 Å². The zero-order chi connectivity index (χ0) is 15.7. The standard InChI is InChI=1S/C16H11ClN2O2S/c1-10-13(12-7-15(17)22-9-12)4-5-14(19(20)21)16(10)11-3-2-6-18-8-11/h2-9H,1H3. The summed E-state index contributed by atoms with van der Waals surface area (Å²) in [5.74, 6) is 0. The van der Waals surface area contributed by atoms with Gasteiger partial charge >= 0.3 is 0 Å². The van der Waals surface area contributed by atoms with Crippen molar-refractivity contribution in [2.24, 2.45) is 0 Å². The van der Waals surface area contributed by atoms with Crippen LogP contribution < -0.4 is 0 Å². The van der Waals surface area contributed by atoms with Crippen LogP contribution in [0.4, 0.5) is 5.69 Å². The molecule has 0 N–H and O–H groups in total. The summed E-state index contributed by atoms with van der Waals surface area (Å²) in [4.78, 5) is 15.1. The summed E-state index contributed by atoms with van der Waals surface area (Å²) in [6.07, 6.45) is 3.28. The summed E-state index contributed by atoms with van der Waals surface area (Å²) in [6.45, 7) is 1.89. The van der Waals surface area contributed by atoms with Crippen molar-refractivity contribution >= 4 is 28.6 Å². The fourth-order valence-corrected chi connectivity index (χ4v) is 3.37. The first-order chi connectivity index (χ1) is 10.6. The third kappa shape index (κ3) is 2.61. The van der Waals surface area contributed by atoms with Crippen LogP contribution in [-0.2, 0) is 0 Å². The van der Waals surface area contributed by atoms with Crippen LogP contribution in [0.15, 0.2) is 48.1 Å². The molecule has 0 bridgehead atoms. The number of hydrogen-bond donors (Lipinski definition) is 0. The smallest absolute Gasteiger partial charge is 0.264 e. The van der Waals surface area contributed by atoms with Crippen molar-refractivity contribution in [1.29, 1.82) is 0 Å². The number of nitro groups is 1. The second-order valence-electron chi connectivity index (χ2n) is 4.77. The summed E-state index contributed by atoms with van der Waals surface area (Å²) in [6, 6.07) is 8.77. The fraction of sp³-hybridized carbons (Fsp3) is 0.0625. The molecule has 0 fully saturated rings. The fourth-order valence-electron chi connectivity index (χ4n) is 2.49. The Morgan fingerprint density at radius 2 is 2.09 bits per heavy atom. The lowest BCUT2D eigenvalue weighted by Gasteiger charge is -2.11. The number of nitro benzene ring substituents is 1. The van der Waals surface area contributed by atoms with Crippen LogP contribution in [0.3, 0.4) is 0 Å². The highest BCUT2D eigenvalue weighted by atomic mass is 35.5. The Hall–Kier alpha value is -2.24. The minimum Gasteiger partial charge on any atom is -0.264 e. The molecule has 0 saturated heterocycles. The second-order valence-corrected chi connectivity index (χ2v) is 6.31. The van der Waals surface area contributed by atoms with E-state index >= 15 is 0 Å². The van der Waals surface area contributed by atoms with Crippen molar-refractivity contribution in [3.8, 4) is 22.3 Å². The van der Waals surface area contributed by atoms with Gasteiger partial charge in [0.2, 0.25) is 0 Å². The van der Waals surface area contributed by atoms with Gasteiger partial charge in [-0.05, 0) is 41.8 Å². The highest BCUT2D eigenvalue weighted by molar-refractivity contribution is 7.14. The lowest BCUT2D eigenvalue weighted by atomic mass is 9.93. The Morgan fingerprint density at radius 1 is 1.27 bits per heavy atom. The normalized spacial score (nSPS) is 10.6. The van der Waals surface area contributed by atoms with E-state index < -0.39 is 0 Å². The molecule has 0 atom stereocenters. The van der Waals surface area contributed by atoms with Crippen molar-refractivity contribution < 1.29 is 4.92 Å². The van der Waals surface area contributed by atoms with E-state index in [1.807, 2.05) is 24.4 Å². The minimum absolute atomic E-state index is 0.0792. The average Bonchev–Trinajstić information content (AvgIpc) is 2.94. The number of aromatic nitrogens is 1. The van der Waals surface area contributed by atoms with Gasteiger partial charge in [-0.15, -0.1) is 11.3 Å². The average molecular weight is 331 g/mol. The monoisotopic (exact) mass is 330 g/mol. The summed E-state index contributed by atoms with van der Waals surface area (Å²) >= 11 is 7.44. The lowest BCUT2D eigenvalue weighted by molar-refractivity contribution is -0.384. The summed E-state index contributed by atoms with van der Waals surface area (Å²) in [5.41, 5.74) is 4.15. The molecule has 3 rings (SSSR count). The molecule has 110 valence electrons. The maximum absolute atomic E-state index is 11.4. The number of thiophene rings is 1. The molecular formula is C16H11ClN2O2S. The van der Waals surface area contributed by atoms with E-state index in [-0.39, 0.29) is 10.6 Å². The van der Waals surface area contributed by atoms with Crippen molar-refractivity contribution in [2.75, 3.05) is 0 Å². The Morgan fingerprint density at radius 3 is 2.68 bits per heavy atom. The number of pyridine rings is 1. The molecular weight excluding hydrogens is 320 g/mol. The first-order valence-electron chi connectivity index (χ1n) is 6.50. The number of halogens is 1. The molecule has 0 spiro atoms. The van der Waals surface area contributed by atoms with Crippen LogP contribution in [0.1, 0.15) is 5.56 Å². The van der Waals surface area contributed by atoms with Crippen LogP contribution >= 0.6 is 22.9 Å². The van der Waals surface area contributed by atoms with E-state index in [9.17, 15) is 10.1 Å². The molecule has 3 aromatic rings. The number of rotatable bonds is 3. The molecule has 22 heavy (non-hydrogen) atoms. The van der Waals surface area contributed by atoms with Gasteiger partial charge in [-0.1, -0.05) is 17.7 Å². The van der Waals surface area contributed by atoms with Gasteiger partial charge in [0, 0.05) is 29.4 Å². The van der Waals surface area contributed by atoms with Crippen LogP contribution in [0.5, 0.6) is 0 Å². The highest BCUT2D eigenvalue weighted by Gasteiger charge is 2.21. The van der Waals surface area contributed by atoms with Crippen LogP contribution in [0.2, 0.25) is 4.34 Å². The number of nitrogens with zero attached hydrogens (tertiary/aromatic N) is 2. The Labute approximate surface area is 136 Å². The Kier molecular flexibility index (Phi) is 3.92. The van der Waals surface area contributed by atoms with Crippen molar-refractivity contribution in [2.45, 2.75) is 6.92 Å². The van der Waals surface area contributed by atoms with Crippen LogP contribution in [-0.4, -0.2) is 9.91 Å². The lowest BCUT2D eigenvalue weighted by Crippen LogP contribution is -1.96. The van der Waals surface area contributed by atoms with Gasteiger partial charge < -0.3 is 0 Å². The third-order valence-electron chi connectivity index (χ3n) is 3.47. The zero-order valence-corrected chi connectivity index (χ0v) is 13.2. The summed E-state index contributed by atoms with van der Waals surface area (Å²) in [7, 11) is 0. The third-order valence-corrected chi connectivity index (χ3v) is 4.56. The highest BCUT2D eigenvalue weighted by Crippen LogP contribution is 2.39. The van der Waals surface area contributed by atoms with Gasteiger partial charge in [0.15, 0.2) is 0 Å². The van der Waals surface area contributed by atoms with Crippen molar-refractivity contribution in [3.05, 3.63) is 68.1 Å². The number of benzene rings is 1. The Bertz CT molecular complexity index is 847. The molecule has 0 amide bonds. The molecule has 1 aromatic carbocycles. The van der Waals surface area contributed by atoms with Crippen molar-refractivity contribution in [1.82, 2.24) is 4.98 Å². The van der Waals surface area contributed by atoms with E-state index in [1.165, 1.54) is 17.4 Å². The number of hydrogen-bond acceptors (Lipinski definition) is 4. The SMILES string of the molecule is Cc1c(-c2csc(Cl)c2)ccc([N+](=O)[O-])c1-c1cccnc1. The molecule has 0 aliphatic rings. The second kappa shape index (κ2) is 5.87.